The standard InChI is InChI=1S/C22H18N4O4S/c1-15(20-13-18(14-31-20)26(29)30)24-25-22(28)19(12-16-8-4-2-5-9-16)23-21(27)17-10-6-3-7-11-17/h2-14H,1H3,(H,23,27)(H,25,28)/b19-12+,24-15?. The Morgan fingerprint density at radius 2 is 1.71 bits per heavy atom. The summed E-state index contributed by atoms with van der Waals surface area (Å²) in [4.78, 5) is 36.2. The van der Waals surface area contributed by atoms with Crippen LogP contribution in [-0.4, -0.2) is 22.4 Å². The molecule has 0 aliphatic rings. The molecule has 0 bridgehead atoms. The van der Waals surface area contributed by atoms with Gasteiger partial charge in [-0.05, 0) is 30.7 Å². The summed E-state index contributed by atoms with van der Waals surface area (Å²) in [5.74, 6) is -1.06. The van der Waals surface area contributed by atoms with Gasteiger partial charge in [-0.15, -0.1) is 11.3 Å². The number of thiophene rings is 1. The minimum absolute atomic E-state index is 0.00811. The van der Waals surface area contributed by atoms with E-state index in [2.05, 4.69) is 15.8 Å². The van der Waals surface area contributed by atoms with Crippen molar-refractivity contribution in [3.8, 4) is 0 Å². The van der Waals surface area contributed by atoms with Crippen LogP contribution >= 0.6 is 11.3 Å². The zero-order chi connectivity index (χ0) is 22.2. The highest BCUT2D eigenvalue weighted by atomic mass is 32.1. The summed E-state index contributed by atoms with van der Waals surface area (Å²) in [5.41, 5.74) is 3.89. The van der Waals surface area contributed by atoms with Gasteiger partial charge >= 0.3 is 0 Å². The largest absolute Gasteiger partial charge is 0.317 e. The number of nitrogens with zero attached hydrogens (tertiary/aromatic N) is 2. The lowest BCUT2D eigenvalue weighted by Crippen LogP contribution is -2.33. The number of nitro groups is 1. The van der Waals surface area contributed by atoms with Crippen molar-refractivity contribution in [2.24, 2.45) is 5.10 Å². The molecule has 3 aromatic rings. The van der Waals surface area contributed by atoms with Crippen LogP contribution in [0, 0.1) is 10.1 Å². The summed E-state index contributed by atoms with van der Waals surface area (Å²) in [6, 6.07) is 18.9. The first-order valence-corrected chi connectivity index (χ1v) is 10.0. The van der Waals surface area contributed by atoms with Gasteiger partial charge in [-0.3, -0.25) is 19.7 Å². The van der Waals surface area contributed by atoms with Crippen molar-refractivity contribution in [3.63, 3.8) is 0 Å². The van der Waals surface area contributed by atoms with E-state index in [9.17, 15) is 19.7 Å². The van der Waals surface area contributed by atoms with Crippen molar-refractivity contribution in [2.45, 2.75) is 6.92 Å². The number of hydrazone groups is 1. The smallest absolute Gasteiger partial charge is 0.287 e. The molecule has 9 heteroatoms. The molecule has 8 nitrogen and oxygen atoms in total. The van der Waals surface area contributed by atoms with E-state index in [1.165, 1.54) is 17.5 Å². The molecule has 156 valence electrons. The van der Waals surface area contributed by atoms with Gasteiger partial charge in [0.1, 0.15) is 5.70 Å². The van der Waals surface area contributed by atoms with E-state index in [4.69, 9.17) is 0 Å². The van der Waals surface area contributed by atoms with Gasteiger partial charge in [-0.25, -0.2) is 5.43 Å². The SMILES string of the molecule is CC(=NNC(=O)/C(=C\c1ccccc1)NC(=O)c1ccccc1)c1cc([N+](=O)[O-])cs1. The van der Waals surface area contributed by atoms with Gasteiger partial charge in [0, 0.05) is 11.6 Å². The zero-order valence-electron chi connectivity index (χ0n) is 16.4. The third-order valence-electron chi connectivity index (χ3n) is 4.12. The predicted molar refractivity (Wildman–Crippen MR) is 120 cm³/mol. The number of hydrogen-bond acceptors (Lipinski definition) is 6. The number of nitrogens with one attached hydrogen (secondary N) is 2. The van der Waals surface area contributed by atoms with Crippen LogP contribution in [0.25, 0.3) is 6.08 Å². The first kappa shape index (κ1) is 21.6. The molecule has 2 aromatic carbocycles. The summed E-state index contributed by atoms with van der Waals surface area (Å²) in [7, 11) is 0. The van der Waals surface area contributed by atoms with E-state index in [1.54, 1.807) is 49.4 Å². The van der Waals surface area contributed by atoms with Crippen LogP contribution in [0.4, 0.5) is 5.69 Å². The fourth-order valence-corrected chi connectivity index (χ4v) is 3.33. The number of rotatable bonds is 7. The molecule has 2 amide bonds. The maximum atomic E-state index is 12.8. The molecule has 0 fully saturated rings. The Morgan fingerprint density at radius 3 is 2.32 bits per heavy atom. The number of carbonyl (C=O) groups excluding carboxylic acids is 2. The van der Waals surface area contributed by atoms with Gasteiger partial charge in [0.2, 0.25) is 0 Å². The Morgan fingerprint density at radius 1 is 1.06 bits per heavy atom. The van der Waals surface area contributed by atoms with Crippen LogP contribution in [-0.2, 0) is 4.79 Å². The second-order valence-electron chi connectivity index (χ2n) is 6.35. The number of benzene rings is 2. The third kappa shape index (κ3) is 5.94. The van der Waals surface area contributed by atoms with Crippen molar-refractivity contribution in [2.75, 3.05) is 0 Å². The summed E-state index contributed by atoms with van der Waals surface area (Å²) in [5, 5.41) is 18.9. The van der Waals surface area contributed by atoms with Crippen LogP contribution in [0.5, 0.6) is 0 Å². The molecule has 0 spiro atoms. The number of carbonyl (C=O) groups is 2. The molecule has 31 heavy (non-hydrogen) atoms. The molecule has 0 atom stereocenters. The summed E-state index contributed by atoms with van der Waals surface area (Å²) in [6.45, 7) is 1.62. The van der Waals surface area contributed by atoms with Gasteiger partial charge in [-0.1, -0.05) is 48.5 Å². The first-order chi connectivity index (χ1) is 14.9. The highest BCUT2D eigenvalue weighted by Gasteiger charge is 2.15. The van der Waals surface area contributed by atoms with Gasteiger partial charge in [0.25, 0.3) is 17.5 Å². The maximum absolute atomic E-state index is 12.8. The van der Waals surface area contributed by atoms with Gasteiger partial charge in [0.05, 0.1) is 20.9 Å². The van der Waals surface area contributed by atoms with Crippen molar-refractivity contribution >= 4 is 40.6 Å². The van der Waals surface area contributed by atoms with Crippen LogP contribution in [0.15, 0.2) is 82.9 Å². The van der Waals surface area contributed by atoms with E-state index in [1.807, 2.05) is 18.2 Å². The molecule has 0 unspecified atom stereocenters. The van der Waals surface area contributed by atoms with E-state index in [0.29, 0.717) is 16.2 Å². The second kappa shape index (κ2) is 10.1. The summed E-state index contributed by atoms with van der Waals surface area (Å²) in [6.07, 6.45) is 1.54. The molecule has 0 aliphatic carbocycles. The molecule has 0 radical (unpaired) electrons. The maximum Gasteiger partial charge on any atom is 0.287 e. The Hall–Kier alpha value is -4.11. The molecule has 0 saturated heterocycles. The molecule has 1 heterocycles. The molecule has 2 N–H and O–H groups in total. The number of hydrogen-bond donors (Lipinski definition) is 2. The molecular formula is C22H18N4O4S. The topological polar surface area (TPSA) is 114 Å². The van der Waals surface area contributed by atoms with Crippen LogP contribution in [0.2, 0.25) is 0 Å². The number of amides is 2. The van der Waals surface area contributed by atoms with E-state index in [0.717, 1.165) is 16.9 Å². The molecule has 1 aromatic heterocycles. The van der Waals surface area contributed by atoms with Crippen LogP contribution in [0.3, 0.4) is 0 Å². The molecule has 3 rings (SSSR count). The lowest BCUT2D eigenvalue weighted by molar-refractivity contribution is -0.384. The van der Waals surface area contributed by atoms with E-state index in [-0.39, 0.29) is 11.4 Å². The summed E-state index contributed by atoms with van der Waals surface area (Å²) < 4.78 is 0. The minimum atomic E-state index is -0.626. The van der Waals surface area contributed by atoms with Crippen LogP contribution in [0.1, 0.15) is 27.7 Å². The van der Waals surface area contributed by atoms with Crippen molar-refractivity contribution in [1.82, 2.24) is 10.7 Å². The quantitative estimate of drug-likeness (QED) is 0.253. The first-order valence-electron chi connectivity index (χ1n) is 9.15. The summed E-state index contributed by atoms with van der Waals surface area (Å²) >= 11 is 1.15. The predicted octanol–water partition coefficient (Wildman–Crippen LogP) is 3.97. The fraction of sp³-hybridized carbons (Fsp3) is 0.0455. The van der Waals surface area contributed by atoms with Gasteiger partial charge in [-0.2, -0.15) is 5.10 Å². The minimum Gasteiger partial charge on any atom is -0.317 e. The molecule has 0 saturated carbocycles. The average molecular weight is 434 g/mol. The average Bonchev–Trinajstić information content (AvgIpc) is 3.29. The lowest BCUT2D eigenvalue weighted by atomic mass is 10.1. The van der Waals surface area contributed by atoms with E-state index >= 15 is 0 Å². The highest BCUT2D eigenvalue weighted by Crippen LogP contribution is 2.21. The second-order valence-corrected chi connectivity index (χ2v) is 7.26. The molecular weight excluding hydrogens is 416 g/mol. The monoisotopic (exact) mass is 434 g/mol. The fourth-order valence-electron chi connectivity index (χ4n) is 2.52. The zero-order valence-corrected chi connectivity index (χ0v) is 17.3. The third-order valence-corrected chi connectivity index (χ3v) is 5.14. The van der Waals surface area contributed by atoms with Gasteiger partial charge < -0.3 is 5.32 Å². The lowest BCUT2D eigenvalue weighted by Gasteiger charge is -2.09. The Bertz CT molecular complexity index is 1150. The normalized spacial score (nSPS) is 11.6. The van der Waals surface area contributed by atoms with Crippen molar-refractivity contribution in [3.05, 3.63) is 104 Å². The van der Waals surface area contributed by atoms with E-state index < -0.39 is 16.7 Å². The molecule has 0 aliphatic heterocycles. The highest BCUT2D eigenvalue weighted by molar-refractivity contribution is 7.12. The van der Waals surface area contributed by atoms with Crippen LogP contribution < -0.4 is 10.7 Å². The Balaban J connectivity index is 1.80. The Kier molecular flexibility index (Phi) is 7.02. The van der Waals surface area contributed by atoms with Gasteiger partial charge in [0.15, 0.2) is 0 Å². The van der Waals surface area contributed by atoms with Crippen molar-refractivity contribution < 1.29 is 14.5 Å². The van der Waals surface area contributed by atoms with Crippen molar-refractivity contribution in [1.29, 1.82) is 0 Å². The Labute approximate surface area is 182 Å².